The Morgan fingerprint density at radius 1 is 0.944 bits per heavy atom. The third-order valence-electron chi connectivity index (χ3n) is 2.31. The van der Waals surface area contributed by atoms with Gasteiger partial charge in [0.25, 0.3) is 0 Å². The summed E-state index contributed by atoms with van der Waals surface area (Å²) in [7, 11) is -3.97. The molecule has 2 aromatic rings. The molecule has 2 nitrogen and oxygen atoms in total. The van der Waals surface area contributed by atoms with E-state index in [0.29, 0.717) is 4.47 Å². The van der Waals surface area contributed by atoms with E-state index in [4.69, 9.17) is 0 Å². The molecule has 94 valence electrons. The van der Waals surface area contributed by atoms with E-state index < -0.39 is 26.4 Å². The Hall–Kier alpha value is -1.27. The molecule has 0 amide bonds. The Balaban J connectivity index is 2.58. The minimum atomic E-state index is -3.97. The highest BCUT2D eigenvalue weighted by Crippen LogP contribution is 2.25. The van der Waals surface area contributed by atoms with Crippen LogP contribution in [0.5, 0.6) is 0 Å². The van der Waals surface area contributed by atoms with Gasteiger partial charge >= 0.3 is 0 Å². The molecule has 0 aliphatic rings. The molecule has 0 radical (unpaired) electrons. The third-order valence-corrected chi connectivity index (χ3v) is 4.60. The van der Waals surface area contributed by atoms with Gasteiger partial charge in [0.2, 0.25) is 9.84 Å². The Morgan fingerprint density at radius 3 is 2.11 bits per heavy atom. The number of hydrogen-bond donors (Lipinski definition) is 0. The van der Waals surface area contributed by atoms with Crippen molar-refractivity contribution in [3.05, 3.63) is 58.6 Å². The average molecular weight is 333 g/mol. The lowest BCUT2D eigenvalue weighted by atomic mass is 10.3. The van der Waals surface area contributed by atoms with E-state index in [1.165, 1.54) is 6.07 Å². The van der Waals surface area contributed by atoms with Crippen molar-refractivity contribution >= 4 is 25.8 Å². The van der Waals surface area contributed by atoms with Crippen LogP contribution < -0.4 is 0 Å². The van der Waals surface area contributed by atoms with Crippen LogP contribution >= 0.6 is 15.9 Å². The van der Waals surface area contributed by atoms with Gasteiger partial charge in [-0.25, -0.2) is 17.2 Å². The Kier molecular flexibility index (Phi) is 3.49. The maximum atomic E-state index is 13.6. The van der Waals surface area contributed by atoms with E-state index in [2.05, 4.69) is 15.9 Å². The minimum absolute atomic E-state index is 0.148. The zero-order chi connectivity index (χ0) is 13.3. The fourth-order valence-electron chi connectivity index (χ4n) is 1.43. The molecule has 2 aromatic carbocycles. The summed E-state index contributed by atoms with van der Waals surface area (Å²) >= 11 is 3.04. The first-order valence-electron chi connectivity index (χ1n) is 4.87. The van der Waals surface area contributed by atoms with Gasteiger partial charge in [-0.2, -0.15) is 0 Å². The van der Waals surface area contributed by atoms with Crippen molar-refractivity contribution < 1.29 is 17.2 Å². The molecule has 0 saturated carbocycles. The molecule has 0 aliphatic carbocycles. The molecule has 0 spiro atoms. The van der Waals surface area contributed by atoms with E-state index in [1.807, 2.05) is 0 Å². The lowest BCUT2D eigenvalue weighted by Gasteiger charge is -2.06. The van der Waals surface area contributed by atoms with Crippen LogP contribution in [0.4, 0.5) is 8.78 Å². The summed E-state index contributed by atoms with van der Waals surface area (Å²) < 4.78 is 51.0. The van der Waals surface area contributed by atoms with Gasteiger partial charge in [-0.05, 0) is 42.5 Å². The van der Waals surface area contributed by atoms with E-state index in [1.54, 1.807) is 0 Å². The lowest BCUT2D eigenvalue weighted by Crippen LogP contribution is -2.04. The second kappa shape index (κ2) is 4.78. The zero-order valence-electron chi connectivity index (χ0n) is 8.90. The molecule has 6 heteroatoms. The Morgan fingerprint density at radius 2 is 1.56 bits per heavy atom. The summed E-state index contributed by atoms with van der Waals surface area (Å²) in [5.74, 6) is -1.40. The van der Waals surface area contributed by atoms with E-state index >= 15 is 0 Å². The van der Waals surface area contributed by atoms with E-state index in [-0.39, 0.29) is 4.90 Å². The molecular formula is C12H7BrF2O2S. The first-order valence-corrected chi connectivity index (χ1v) is 7.14. The number of halogens is 3. The second-order valence-electron chi connectivity index (χ2n) is 3.53. The van der Waals surface area contributed by atoms with Crippen molar-refractivity contribution in [3.63, 3.8) is 0 Å². The number of rotatable bonds is 2. The maximum Gasteiger partial charge on any atom is 0.209 e. The summed E-state index contributed by atoms with van der Waals surface area (Å²) in [6.45, 7) is 0. The molecule has 0 fully saturated rings. The van der Waals surface area contributed by atoms with Gasteiger partial charge in [0.05, 0.1) is 4.90 Å². The van der Waals surface area contributed by atoms with Crippen molar-refractivity contribution in [1.29, 1.82) is 0 Å². The maximum absolute atomic E-state index is 13.6. The van der Waals surface area contributed by atoms with E-state index in [0.717, 1.165) is 36.4 Å². The topological polar surface area (TPSA) is 34.1 Å². The van der Waals surface area contributed by atoms with Crippen molar-refractivity contribution in [3.8, 4) is 0 Å². The van der Waals surface area contributed by atoms with Crippen LogP contribution in [0.1, 0.15) is 0 Å². The average Bonchev–Trinajstić information content (AvgIpc) is 2.29. The molecule has 2 rings (SSSR count). The van der Waals surface area contributed by atoms with Crippen LogP contribution in [0, 0.1) is 11.6 Å². The summed E-state index contributed by atoms with van der Waals surface area (Å²) in [5, 5.41) is 0. The lowest BCUT2D eigenvalue weighted by molar-refractivity contribution is 0.566. The SMILES string of the molecule is O=S(=O)(c1ccc(F)cc1)c1ccc(Br)cc1F. The predicted octanol–water partition coefficient (Wildman–Crippen LogP) is 3.56. The fraction of sp³-hybridized carbons (Fsp3) is 0. The van der Waals surface area contributed by atoms with E-state index in [9.17, 15) is 17.2 Å². The van der Waals surface area contributed by atoms with Gasteiger partial charge in [-0.1, -0.05) is 15.9 Å². The van der Waals surface area contributed by atoms with Crippen LogP contribution in [0.3, 0.4) is 0 Å². The second-order valence-corrected chi connectivity index (χ2v) is 6.37. The van der Waals surface area contributed by atoms with Crippen molar-refractivity contribution in [2.45, 2.75) is 9.79 Å². The normalized spacial score (nSPS) is 11.5. The molecule has 0 bridgehead atoms. The molecule has 18 heavy (non-hydrogen) atoms. The third kappa shape index (κ3) is 2.44. The van der Waals surface area contributed by atoms with Crippen LogP contribution in [0.25, 0.3) is 0 Å². The Labute approximate surface area is 111 Å². The smallest absolute Gasteiger partial charge is 0.209 e. The van der Waals surface area contributed by atoms with Gasteiger partial charge in [0.15, 0.2) is 0 Å². The van der Waals surface area contributed by atoms with Crippen molar-refractivity contribution in [2.75, 3.05) is 0 Å². The quantitative estimate of drug-likeness (QED) is 0.788. The highest BCUT2D eigenvalue weighted by Gasteiger charge is 2.21. The molecule has 0 N–H and O–H groups in total. The summed E-state index contributed by atoms with van der Waals surface area (Å²) in [6, 6.07) is 7.90. The number of hydrogen-bond acceptors (Lipinski definition) is 2. The largest absolute Gasteiger partial charge is 0.218 e. The van der Waals surface area contributed by atoms with Gasteiger partial charge in [-0.15, -0.1) is 0 Å². The first-order chi connectivity index (χ1) is 8.41. The van der Waals surface area contributed by atoms with Gasteiger partial charge < -0.3 is 0 Å². The van der Waals surface area contributed by atoms with Crippen molar-refractivity contribution in [2.24, 2.45) is 0 Å². The van der Waals surface area contributed by atoms with Crippen molar-refractivity contribution in [1.82, 2.24) is 0 Å². The highest BCUT2D eigenvalue weighted by molar-refractivity contribution is 9.10. The van der Waals surface area contributed by atoms with Crippen LogP contribution in [-0.4, -0.2) is 8.42 Å². The predicted molar refractivity (Wildman–Crippen MR) is 66.0 cm³/mol. The molecule has 0 aromatic heterocycles. The molecule has 0 aliphatic heterocycles. The number of benzene rings is 2. The summed E-state index contributed by atoms with van der Waals surface area (Å²) in [4.78, 5) is -0.581. The van der Waals surface area contributed by atoms with Gasteiger partial charge in [0, 0.05) is 4.47 Å². The minimum Gasteiger partial charge on any atom is -0.218 e. The van der Waals surface area contributed by atoms with Crippen LogP contribution in [-0.2, 0) is 9.84 Å². The fourth-order valence-corrected chi connectivity index (χ4v) is 3.08. The molecule has 0 atom stereocenters. The highest BCUT2D eigenvalue weighted by atomic mass is 79.9. The Bertz CT molecular complexity index is 682. The molecule has 0 heterocycles. The van der Waals surface area contributed by atoms with Gasteiger partial charge in [0.1, 0.15) is 16.5 Å². The summed E-state index contributed by atoms with van der Waals surface area (Å²) in [5.41, 5.74) is 0. The van der Waals surface area contributed by atoms with Gasteiger partial charge in [-0.3, -0.25) is 0 Å². The summed E-state index contributed by atoms with van der Waals surface area (Å²) in [6.07, 6.45) is 0. The van der Waals surface area contributed by atoms with Crippen LogP contribution in [0.15, 0.2) is 56.7 Å². The molecular weight excluding hydrogens is 326 g/mol. The zero-order valence-corrected chi connectivity index (χ0v) is 11.3. The monoisotopic (exact) mass is 332 g/mol. The standard InChI is InChI=1S/C12H7BrF2O2S/c13-8-1-6-12(11(15)7-8)18(16,17)10-4-2-9(14)3-5-10/h1-7H. The van der Waals surface area contributed by atoms with Crippen LogP contribution in [0.2, 0.25) is 0 Å². The molecule has 0 unspecified atom stereocenters. The number of sulfone groups is 1. The first kappa shape index (κ1) is 13.2. The molecule has 0 saturated heterocycles.